The number of carbonyl (C=O) groups excluding carboxylic acids is 1. The van der Waals surface area contributed by atoms with Gasteiger partial charge in [-0.1, -0.05) is 0 Å². The van der Waals surface area contributed by atoms with Gasteiger partial charge < -0.3 is 4.74 Å². The summed E-state index contributed by atoms with van der Waals surface area (Å²) in [7, 11) is 0. The molecule has 4 nitrogen and oxygen atoms in total. The summed E-state index contributed by atoms with van der Waals surface area (Å²) in [4.78, 5) is 19.4. The van der Waals surface area contributed by atoms with E-state index in [0.29, 0.717) is 5.82 Å². The molecule has 0 atom stereocenters. The van der Waals surface area contributed by atoms with E-state index in [1.54, 1.807) is 12.4 Å². The second-order valence-electron chi connectivity index (χ2n) is 4.08. The molecule has 0 saturated carbocycles. The molecule has 1 heterocycles. The van der Waals surface area contributed by atoms with Crippen LogP contribution in [-0.2, 0) is 16.0 Å². The minimum absolute atomic E-state index is 0.102. The number of aromatic nitrogens is 2. The van der Waals surface area contributed by atoms with Crippen molar-refractivity contribution in [2.45, 2.75) is 32.8 Å². The molecule has 82 valence electrons. The number of halogens is 1. The van der Waals surface area contributed by atoms with Gasteiger partial charge in [0.05, 0.1) is 4.47 Å². The van der Waals surface area contributed by atoms with E-state index >= 15 is 0 Å². The van der Waals surface area contributed by atoms with Gasteiger partial charge >= 0.3 is 5.97 Å². The van der Waals surface area contributed by atoms with Crippen molar-refractivity contribution in [3.05, 3.63) is 22.7 Å². The Morgan fingerprint density at radius 1 is 1.40 bits per heavy atom. The lowest BCUT2D eigenvalue weighted by molar-refractivity contribution is -0.154. The average molecular weight is 273 g/mol. The lowest BCUT2D eigenvalue weighted by Gasteiger charge is -2.19. The van der Waals surface area contributed by atoms with Crippen LogP contribution in [0.5, 0.6) is 0 Å². The van der Waals surface area contributed by atoms with Crippen molar-refractivity contribution in [3.8, 4) is 0 Å². The van der Waals surface area contributed by atoms with Gasteiger partial charge in [0.15, 0.2) is 0 Å². The summed E-state index contributed by atoms with van der Waals surface area (Å²) in [5.41, 5.74) is -0.466. The molecule has 0 spiro atoms. The molecule has 0 aromatic carbocycles. The molecule has 15 heavy (non-hydrogen) atoms. The van der Waals surface area contributed by atoms with Crippen LogP contribution in [-0.4, -0.2) is 21.5 Å². The second kappa shape index (κ2) is 4.70. The van der Waals surface area contributed by atoms with Crippen LogP contribution in [0.1, 0.15) is 26.6 Å². The Kier molecular flexibility index (Phi) is 3.79. The standard InChI is InChI=1S/C10H13BrN2O2/c1-10(2,3)15-9(14)4-8-12-5-7(11)6-13-8/h5-6H,4H2,1-3H3. The Bertz CT molecular complexity index is 343. The minimum Gasteiger partial charge on any atom is -0.460 e. The molecule has 0 radical (unpaired) electrons. The molecule has 0 N–H and O–H groups in total. The average Bonchev–Trinajstić information content (AvgIpc) is 2.05. The van der Waals surface area contributed by atoms with Crippen LogP contribution in [0, 0.1) is 0 Å². The normalized spacial score (nSPS) is 11.2. The minimum atomic E-state index is -0.466. The number of hydrogen-bond donors (Lipinski definition) is 0. The Morgan fingerprint density at radius 3 is 2.40 bits per heavy atom. The third-order valence-electron chi connectivity index (χ3n) is 1.40. The van der Waals surface area contributed by atoms with E-state index in [1.165, 1.54) is 0 Å². The highest BCUT2D eigenvalue weighted by Crippen LogP contribution is 2.09. The molecule has 1 aromatic heterocycles. The number of hydrogen-bond acceptors (Lipinski definition) is 4. The summed E-state index contributed by atoms with van der Waals surface area (Å²) < 4.78 is 5.93. The Balaban J connectivity index is 2.55. The molecule has 1 aromatic rings. The molecule has 0 amide bonds. The van der Waals surface area contributed by atoms with E-state index in [9.17, 15) is 4.79 Å². The maximum absolute atomic E-state index is 11.4. The Hall–Kier alpha value is -0.970. The quantitative estimate of drug-likeness (QED) is 0.774. The third-order valence-corrected chi connectivity index (χ3v) is 1.81. The molecule has 0 bridgehead atoms. The largest absolute Gasteiger partial charge is 0.460 e. The molecule has 0 saturated heterocycles. The lowest BCUT2D eigenvalue weighted by atomic mass is 10.2. The predicted molar refractivity (Wildman–Crippen MR) is 59.3 cm³/mol. The van der Waals surface area contributed by atoms with Crippen molar-refractivity contribution in [2.24, 2.45) is 0 Å². The Morgan fingerprint density at radius 2 is 1.93 bits per heavy atom. The zero-order chi connectivity index (χ0) is 11.5. The molecule has 1 rings (SSSR count). The fraction of sp³-hybridized carbons (Fsp3) is 0.500. The van der Waals surface area contributed by atoms with Crippen molar-refractivity contribution < 1.29 is 9.53 Å². The molecular weight excluding hydrogens is 260 g/mol. The first-order chi connectivity index (χ1) is 6.87. The maximum Gasteiger partial charge on any atom is 0.314 e. The van der Waals surface area contributed by atoms with Gasteiger partial charge in [0.1, 0.15) is 17.8 Å². The summed E-state index contributed by atoms with van der Waals surface area (Å²) in [5.74, 6) is 0.150. The van der Waals surface area contributed by atoms with Gasteiger partial charge in [0, 0.05) is 12.4 Å². The summed E-state index contributed by atoms with van der Waals surface area (Å²) >= 11 is 3.22. The van der Waals surface area contributed by atoms with Crippen LogP contribution < -0.4 is 0 Å². The van der Waals surface area contributed by atoms with Crippen molar-refractivity contribution in [2.75, 3.05) is 0 Å². The van der Waals surface area contributed by atoms with Crippen molar-refractivity contribution in [3.63, 3.8) is 0 Å². The molecule has 0 unspecified atom stereocenters. The fourth-order valence-electron chi connectivity index (χ4n) is 0.937. The van der Waals surface area contributed by atoms with E-state index in [2.05, 4.69) is 25.9 Å². The summed E-state index contributed by atoms with van der Waals surface area (Å²) in [6, 6.07) is 0. The number of esters is 1. The van der Waals surface area contributed by atoms with Crippen LogP contribution in [0.2, 0.25) is 0 Å². The maximum atomic E-state index is 11.4. The molecule has 0 fully saturated rings. The van der Waals surface area contributed by atoms with Crippen molar-refractivity contribution in [1.82, 2.24) is 9.97 Å². The predicted octanol–water partition coefficient (Wildman–Crippen LogP) is 2.12. The monoisotopic (exact) mass is 272 g/mol. The third kappa shape index (κ3) is 4.88. The molecule has 0 aliphatic rings. The first-order valence-electron chi connectivity index (χ1n) is 4.55. The lowest BCUT2D eigenvalue weighted by Crippen LogP contribution is -2.25. The first kappa shape index (κ1) is 12.1. The van der Waals surface area contributed by atoms with E-state index in [0.717, 1.165) is 4.47 Å². The zero-order valence-electron chi connectivity index (χ0n) is 8.95. The van der Waals surface area contributed by atoms with Gasteiger partial charge in [0.25, 0.3) is 0 Å². The Labute approximate surface area is 97.2 Å². The molecule has 0 aliphatic heterocycles. The summed E-state index contributed by atoms with van der Waals surface area (Å²) in [6.07, 6.45) is 3.31. The van der Waals surface area contributed by atoms with Gasteiger partial charge in [-0.25, -0.2) is 9.97 Å². The smallest absolute Gasteiger partial charge is 0.314 e. The second-order valence-corrected chi connectivity index (χ2v) is 5.00. The fourth-order valence-corrected chi connectivity index (χ4v) is 1.14. The highest BCUT2D eigenvalue weighted by atomic mass is 79.9. The van der Waals surface area contributed by atoms with Crippen molar-refractivity contribution >= 4 is 21.9 Å². The van der Waals surface area contributed by atoms with Crippen LogP contribution in [0.4, 0.5) is 0 Å². The van der Waals surface area contributed by atoms with Crippen LogP contribution in [0.3, 0.4) is 0 Å². The highest BCUT2D eigenvalue weighted by molar-refractivity contribution is 9.10. The van der Waals surface area contributed by atoms with E-state index in [-0.39, 0.29) is 12.4 Å². The molecular formula is C10H13BrN2O2. The van der Waals surface area contributed by atoms with Gasteiger partial charge in [0.2, 0.25) is 0 Å². The van der Waals surface area contributed by atoms with Gasteiger partial charge in [-0.3, -0.25) is 4.79 Å². The van der Waals surface area contributed by atoms with E-state index in [4.69, 9.17) is 4.74 Å². The number of ether oxygens (including phenoxy) is 1. The number of nitrogens with zero attached hydrogens (tertiary/aromatic N) is 2. The van der Waals surface area contributed by atoms with E-state index < -0.39 is 5.60 Å². The SMILES string of the molecule is CC(C)(C)OC(=O)Cc1ncc(Br)cn1. The van der Waals surface area contributed by atoms with Gasteiger partial charge in [-0.15, -0.1) is 0 Å². The highest BCUT2D eigenvalue weighted by Gasteiger charge is 2.17. The summed E-state index contributed by atoms with van der Waals surface area (Å²) in [6.45, 7) is 5.48. The van der Waals surface area contributed by atoms with Crippen LogP contribution in [0.15, 0.2) is 16.9 Å². The van der Waals surface area contributed by atoms with Gasteiger partial charge in [-0.05, 0) is 36.7 Å². The van der Waals surface area contributed by atoms with Crippen LogP contribution >= 0.6 is 15.9 Å². The molecule has 5 heteroatoms. The number of rotatable bonds is 2. The summed E-state index contributed by atoms with van der Waals surface area (Å²) in [5, 5.41) is 0. The molecule has 0 aliphatic carbocycles. The zero-order valence-corrected chi connectivity index (χ0v) is 10.5. The van der Waals surface area contributed by atoms with Crippen LogP contribution in [0.25, 0.3) is 0 Å². The van der Waals surface area contributed by atoms with Gasteiger partial charge in [-0.2, -0.15) is 0 Å². The van der Waals surface area contributed by atoms with Crippen molar-refractivity contribution in [1.29, 1.82) is 0 Å². The number of carbonyl (C=O) groups is 1. The van der Waals surface area contributed by atoms with E-state index in [1.807, 2.05) is 20.8 Å². The first-order valence-corrected chi connectivity index (χ1v) is 5.34. The topological polar surface area (TPSA) is 52.1 Å².